The summed E-state index contributed by atoms with van der Waals surface area (Å²) in [5.74, 6) is 0.229. The zero-order valence-corrected chi connectivity index (χ0v) is 14.7. The van der Waals surface area contributed by atoms with Crippen molar-refractivity contribution in [3.63, 3.8) is 0 Å². The molecule has 0 radical (unpaired) electrons. The molecule has 0 saturated carbocycles. The molecule has 0 amide bonds. The van der Waals surface area contributed by atoms with Gasteiger partial charge in [0.2, 0.25) is 0 Å². The second kappa shape index (κ2) is 5.90. The first kappa shape index (κ1) is 16.8. The summed E-state index contributed by atoms with van der Waals surface area (Å²) in [6.07, 6.45) is 0.868. The molecule has 1 saturated heterocycles. The predicted molar refractivity (Wildman–Crippen MR) is 85.6 cm³/mol. The van der Waals surface area contributed by atoms with Crippen molar-refractivity contribution in [1.29, 1.82) is 0 Å². The van der Waals surface area contributed by atoms with E-state index in [-0.39, 0.29) is 5.82 Å². The molecule has 116 valence electrons. The largest absolute Gasteiger partial charge is 0.498 e. The van der Waals surface area contributed by atoms with E-state index in [0.717, 1.165) is 6.42 Å². The lowest BCUT2D eigenvalue weighted by Gasteiger charge is -2.32. The van der Waals surface area contributed by atoms with Crippen LogP contribution in [0.1, 0.15) is 41.0 Å². The van der Waals surface area contributed by atoms with Crippen molar-refractivity contribution in [2.45, 2.75) is 52.2 Å². The van der Waals surface area contributed by atoms with Crippen molar-refractivity contribution < 1.29 is 18.4 Å². The molecule has 1 fully saturated rings. The van der Waals surface area contributed by atoms with Gasteiger partial charge in [-0.2, -0.15) is 0 Å². The summed E-state index contributed by atoms with van der Waals surface area (Å²) in [4.78, 5) is 0. The number of rotatable bonds is 4. The molecule has 0 atom stereocenters. The number of ether oxygens (including phenoxy) is 1. The van der Waals surface area contributed by atoms with Gasteiger partial charge in [-0.1, -0.05) is 6.92 Å². The predicted octanol–water partition coefficient (Wildman–Crippen LogP) is 3.68. The van der Waals surface area contributed by atoms with Crippen LogP contribution in [-0.4, -0.2) is 24.9 Å². The minimum atomic E-state index is -0.645. The van der Waals surface area contributed by atoms with Gasteiger partial charge in [0.15, 0.2) is 0 Å². The number of halogens is 2. The van der Waals surface area contributed by atoms with Crippen LogP contribution in [0, 0.1) is 5.82 Å². The molecule has 0 aliphatic carbocycles. The fourth-order valence-electron chi connectivity index (χ4n) is 2.08. The van der Waals surface area contributed by atoms with E-state index in [9.17, 15) is 4.39 Å². The van der Waals surface area contributed by atoms with Gasteiger partial charge in [-0.3, -0.25) is 0 Å². The summed E-state index contributed by atoms with van der Waals surface area (Å²) in [5, 5.41) is 0. The van der Waals surface area contributed by atoms with Crippen molar-refractivity contribution in [1.82, 2.24) is 0 Å². The van der Waals surface area contributed by atoms with Crippen LogP contribution in [0.4, 0.5) is 4.39 Å². The Hall–Kier alpha value is -0.585. The van der Waals surface area contributed by atoms with Crippen molar-refractivity contribution in [2.75, 3.05) is 6.61 Å². The lowest BCUT2D eigenvalue weighted by Crippen LogP contribution is -2.41. The second-order valence-electron chi connectivity index (χ2n) is 6.24. The number of hydrogen-bond acceptors (Lipinski definition) is 3. The third-order valence-corrected chi connectivity index (χ3v) is 4.58. The Morgan fingerprint density at radius 2 is 1.76 bits per heavy atom. The Labute approximate surface area is 134 Å². The normalized spacial score (nSPS) is 19.9. The van der Waals surface area contributed by atoms with Crippen LogP contribution in [0.5, 0.6) is 5.75 Å². The Bertz CT molecular complexity index is 518. The Kier molecular flexibility index (Phi) is 4.71. The van der Waals surface area contributed by atoms with Crippen molar-refractivity contribution in [3.8, 4) is 5.75 Å². The van der Waals surface area contributed by atoms with Crippen molar-refractivity contribution in [3.05, 3.63) is 22.4 Å². The maximum absolute atomic E-state index is 13.8. The minimum absolute atomic E-state index is 0.351. The number of hydrogen-bond donors (Lipinski definition) is 0. The second-order valence-corrected chi connectivity index (χ2v) is 7.10. The van der Waals surface area contributed by atoms with Gasteiger partial charge in [-0.15, -0.1) is 0 Å². The summed E-state index contributed by atoms with van der Waals surface area (Å²) in [5.41, 5.74) is -0.370. The number of benzene rings is 1. The fraction of sp³-hybridized carbons (Fsp3) is 0.600. The van der Waals surface area contributed by atoms with Crippen LogP contribution < -0.4 is 10.2 Å². The molecule has 6 heteroatoms. The molecule has 3 nitrogen and oxygen atoms in total. The van der Waals surface area contributed by atoms with Crippen molar-refractivity contribution in [2.24, 2.45) is 0 Å². The minimum Gasteiger partial charge on any atom is -0.493 e. The van der Waals surface area contributed by atoms with E-state index >= 15 is 0 Å². The quantitative estimate of drug-likeness (QED) is 0.768. The van der Waals surface area contributed by atoms with E-state index in [1.54, 1.807) is 0 Å². The first-order chi connectivity index (χ1) is 9.68. The highest BCUT2D eigenvalue weighted by atomic mass is 79.9. The van der Waals surface area contributed by atoms with Gasteiger partial charge >= 0.3 is 7.12 Å². The summed E-state index contributed by atoms with van der Waals surface area (Å²) in [6, 6.07) is 2.80. The Morgan fingerprint density at radius 3 is 2.29 bits per heavy atom. The molecular formula is C15H21BBrFO3. The zero-order chi connectivity index (χ0) is 15.8. The van der Waals surface area contributed by atoms with Gasteiger partial charge in [-0.25, -0.2) is 4.39 Å². The van der Waals surface area contributed by atoms with Gasteiger partial charge in [0.1, 0.15) is 11.6 Å². The SMILES string of the molecule is CCCOc1c(Br)cc(F)cc1B1OC(C)(C)C(C)(C)O1. The first-order valence-corrected chi connectivity index (χ1v) is 7.94. The van der Waals surface area contributed by atoms with E-state index in [4.69, 9.17) is 14.0 Å². The highest BCUT2D eigenvalue weighted by molar-refractivity contribution is 9.10. The Balaban J connectivity index is 2.40. The third-order valence-electron chi connectivity index (χ3n) is 3.99. The molecule has 0 N–H and O–H groups in total. The molecule has 1 aromatic carbocycles. The van der Waals surface area contributed by atoms with Gasteiger partial charge in [0.25, 0.3) is 0 Å². The summed E-state index contributed by atoms with van der Waals surface area (Å²) < 4.78 is 32.1. The summed E-state index contributed by atoms with van der Waals surface area (Å²) >= 11 is 3.36. The standard InChI is InChI=1S/C15H21BBrFO3/c1-6-7-19-13-11(8-10(18)9-12(13)17)16-20-14(2,3)15(4,5)21-16/h8-9H,6-7H2,1-5H3. The van der Waals surface area contributed by atoms with Crippen molar-refractivity contribution >= 4 is 28.5 Å². The lowest BCUT2D eigenvalue weighted by atomic mass is 9.78. The monoisotopic (exact) mass is 358 g/mol. The van der Waals surface area contributed by atoms with E-state index in [1.807, 2.05) is 34.6 Å². The smallest absolute Gasteiger partial charge is 0.493 e. The van der Waals surface area contributed by atoms with Gasteiger partial charge in [-0.05, 0) is 62.2 Å². The molecule has 2 rings (SSSR count). The first-order valence-electron chi connectivity index (χ1n) is 7.15. The van der Waals surface area contributed by atoms with Crippen LogP contribution >= 0.6 is 15.9 Å². The Morgan fingerprint density at radius 1 is 1.19 bits per heavy atom. The summed E-state index contributed by atoms with van der Waals surface area (Å²) in [6.45, 7) is 10.4. The maximum Gasteiger partial charge on any atom is 0.498 e. The highest BCUT2D eigenvalue weighted by Crippen LogP contribution is 2.38. The van der Waals surface area contributed by atoms with Gasteiger partial charge < -0.3 is 14.0 Å². The lowest BCUT2D eigenvalue weighted by molar-refractivity contribution is 0.00578. The van der Waals surface area contributed by atoms with E-state index < -0.39 is 18.3 Å². The summed E-state index contributed by atoms with van der Waals surface area (Å²) in [7, 11) is -0.645. The molecule has 1 heterocycles. The molecule has 1 aliphatic rings. The van der Waals surface area contributed by atoms with Crippen LogP contribution in [0.2, 0.25) is 0 Å². The molecule has 21 heavy (non-hydrogen) atoms. The zero-order valence-electron chi connectivity index (χ0n) is 13.1. The molecular weight excluding hydrogens is 338 g/mol. The molecule has 1 aromatic rings. The molecule has 0 spiro atoms. The molecule has 1 aliphatic heterocycles. The van der Waals surface area contributed by atoms with Gasteiger partial charge in [0.05, 0.1) is 22.3 Å². The van der Waals surface area contributed by atoms with E-state index in [0.29, 0.717) is 22.3 Å². The van der Waals surface area contributed by atoms with E-state index in [2.05, 4.69) is 15.9 Å². The average Bonchev–Trinajstić information content (AvgIpc) is 2.56. The van der Waals surface area contributed by atoms with Crippen LogP contribution in [0.25, 0.3) is 0 Å². The van der Waals surface area contributed by atoms with E-state index in [1.165, 1.54) is 12.1 Å². The van der Waals surface area contributed by atoms with Crippen LogP contribution in [0.3, 0.4) is 0 Å². The van der Waals surface area contributed by atoms with Crippen LogP contribution in [0.15, 0.2) is 16.6 Å². The molecule has 0 unspecified atom stereocenters. The van der Waals surface area contributed by atoms with Gasteiger partial charge in [0, 0.05) is 5.46 Å². The molecule has 0 aromatic heterocycles. The third kappa shape index (κ3) is 3.27. The molecule has 0 bridgehead atoms. The highest BCUT2D eigenvalue weighted by Gasteiger charge is 2.52. The topological polar surface area (TPSA) is 27.7 Å². The average molecular weight is 359 g/mol. The maximum atomic E-state index is 13.8. The van der Waals surface area contributed by atoms with Crippen LogP contribution in [-0.2, 0) is 9.31 Å². The fourth-order valence-corrected chi connectivity index (χ4v) is 2.64.